The fourth-order valence-electron chi connectivity index (χ4n) is 3.88. The van der Waals surface area contributed by atoms with Crippen molar-refractivity contribution >= 4 is 23.4 Å². The second-order valence-corrected chi connectivity index (χ2v) is 8.20. The zero-order valence-electron chi connectivity index (χ0n) is 17.5. The second kappa shape index (κ2) is 8.84. The molecule has 3 heterocycles. The molecule has 0 saturated heterocycles. The van der Waals surface area contributed by atoms with Crippen LogP contribution in [0.25, 0.3) is 17.1 Å². The number of amides is 1. The lowest BCUT2D eigenvalue weighted by Crippen LogP contribution is -2.30. The molecule has 1 amide bonds. The zero-order chi connectivity index (χ0) is 21.9. The summed E-state index contributed by atoms with van der Waals surface area (Å²) in [5.74, 6) is 1.68. The van der Waals surface area contributed by atoms with E-state index in [2.05, 4.69) is 21.2 Å². The molecule has 160 valence electrons. The SMILES string of the molecule is COc1ccccc1-n1c(SCC(=O)N2CCc3ccccc32)nnc1-c1ccncc1. The molecule has 0 aliphatic carbocycles. The van der Waals surface area contributed by atoms with Crippen molar-refractivity contribution in [2.75, 3.05) is 24.3 Å². The number of carbonyl (C=O) groups excluding carboxylic acids is 1. The molecule has 7 nitrogen and oxygen atoms in total. The van der Waals surface area contributed by atoms with Crippen molar-refractivity contribution in [3.63, 3.8) is 0 Å². The van der Waals surface area contributed by atoms with Crippen LogP contribution in [0.15, 0.2) is 78.2 Å². The van der Waals surface area contributed by atoms with E-state index in [1.165, 1.54) is 17.3 Å². The Balaban J connectivity index is 1.47. The van der Waals surface area contributed by atoms with Gasteiger partial charge in [-0.3, -0.25) is 14.3 Å². The summed E-state index contributed by atoms with van der Waals surface area (Å²) in [6, 6.07) is 19.5. The maximum Gasteiger partial charge on any atom is 0.237 e. The summed E-state index contributed by atoms with van der Waals surface area (Å²) in [5.41, 5.74) is 3.91. The average molecular weight is 444 g/mol. The van der Waals surface area contributed by atoms with E-state index in [0.717, 1.165) is 23.4 Å². The van der Waals surface area contributed by atoms with Gasteiger partial charge in [0.05, 0.1) is 18.6 Å². The highest BCUT2D eigenvalue weighted by atomic mass is 32.2. The lowest BCUT2D eigenvalue weighted by Gasteiger charge is -2.17. The van der Waals surface area contributed by atoms with Crippen LogP contribution < -0.4 is 9.64 Å². The maximum absolute atomic E-state index is 13.0. The minimum absolute atomic E-state index is 0.0555. The van der Waals surface area contributed by atoms with E-state index in [9.17, 15) is 4.79 Å². The van der Waals surface area contributed by atoms with Crippen LogP contribution in [0.2, 0.25) is 0 Å². The molecule has 0 radical (unpaired) electrons. The number of anilines is 1. The van der Waals surface area contributed by atoms with Gasteiger partial charge in [0.1, 0.15) is 5.75 Å². The summed E-state index contributed by atoms with van der Waals surface area (Å²) in [7, 11) is 1.64. The van der Waals surface area contributed by atoms with E-state index >= 15 is 0 Å². The van der Waals surface area contributed by atoms with Gasteiger partial charge in [-0.1, -0.05) is 42.1 Å². The van der Waals surface area contributed by atoms with Gasteiger partial charge in [0.15, 0.2) is 11.0 Å². The van der Waals surface area contributed by atoms with Gasteiger partial charge in [-0.25, -0.2) is 0 Å². The molecule has 2 aromatic carbocycles. The van der Waals surface area contributed by atoms with E-state index in [0.29, 0.717) is 23.3 Å². The molecule has 0 fully saturated rings. The number of nitrogens with zero attached hydrogens (tertiary/aromatic N) is 5. The largest absolute Gasteiger partial charge is 0.495 e. The van der Waals surface area contributed by atoms with E-state index in [4.69, 9.17) is 4.74 Å². The summed E-state index contributed by atoms with van der Waals surface area (Å²) in [6.45, 7) is 0.709. The summed E-state index contributed by atoms with van der Waals surface area (Å²) >= 11 is 1.37. The van der Waals surface area contributed by atoms with Crippen molar-refractivity contribution in [1.29, 1.82) is 0 Å². The Morgan fingerprint density at radius 2 is 1.75 bits per heavy atom. The molecule has 1 aliphatic rings. The molecule has 0 N–H and O–H groups in total. The third-order valence-corrected chi connectivity index (χ3v) is 6.32. The third kappa shape index (κ3) is 3.73. The number of benzene rings is 2. The molecule has 1 aliphatic heterocycles. The van der Waals surface area contributed by atoms with Gasteiger partial charge in [0, 0.05) is 30.2 Å². The van der Waals surface area contributed by atoms with E-state index in [1.54, 1.807) is 19.5 Å². The number of thioether (sulfide) groups is 1. The Morgan fingerprint density at radius 1 is 1.00 bits per heavy atom. The van der Waals surface area contributed by atoms with Crippen molar-refractivity contribution in [3.8, 4) is 22.8 Å². The van der Waals surface area contributed by atoms with Crippen LogP contribution >= 0.6 is 11.8 Å². The number of hydrogen-bond acceptors (Lipinski definition) is 6. The Morgan fingerprint density at radius 3 is 2.56 bits per heavy atom. The van der Waals surface area contributed by atoms with Crippen molar-refractivity contribution in [3.05, 3.63) is 78.6 Å². The molecule has 0 atom stereocenters. The van der Waals surface area contributed by atoms with Gasteiger partial charge in [0.25, 0.3) is 0 Å². The van der Waals surface area contributed by atoms with Crippen molar-refractivity contribution in [2.24, 2.45) is 0 Å². The van der Waals surface area contributed by atoms with Gasteiger partial charge < -0.3 is 9.64 Å². The third-order valence-electron chi connectivity index (χ3n) is 5.41. The molecule has 2 aromatic heterocycles. The second-order valence-electron chi connectivity index (χ2n) is 7.26. The van der Waals surface area contributed by atoms with Crippen LogP contribution in [0.3, 0.4) is 0 Å². The van der Waals surface area contributed by atoms with Gasteiger partial charge >= 0.3 is 0 Å². The Kier molecular flexibility index (Phi) is 5.60. The molecule has 4 aromatic rings. The summed E-state index contributed by atoms with van der Waals surface area (Å²) in [5, 5.41) is 9.48. The number of ether oxygens (including phenoxy) is 1. The fraction of sp³-hybridized carbons (Fsp3) is 0.167. The number of carbonyl (C=O) groups is 1. The average Bonchev–Trinajstić information content (AvgIpc) is 3.47. The van der Waals surface area contributed by atoms with Gasteiger partial charge in [-0.2, -0.15) is 0 Å². The molecular weight excluding hydrogens is 422 g/mol. The Bertz CT molecular complexity index is 1260. The molecule has 32 heavy (non-hydrogen) atoms. The standard InChI is InChI=1S/C24H21N5O2S/c1-31-21-9-5-4-8-20(21)29-23(18-10-13-25-14-11-18)26-27-24(29)32-16-22(30)28-15-12-17-6-2-3-7-19(17)28/h2-11,13-14H,12,15-16H2,1H3. The maximum atomic E-state index is 13.0. The number of hydrogen-bond donors (Lipinski definition) is 0. The number of para-hydroxylation sites is 3. The zero-order valence-corrected chi connectivity index (χ0v) is 18.3. The quantitative estimate of drug-likeness (QED) is 0.419. The van der Waals surface area contributed by atoms with Crippen molar-refractivity contribution in [1.82, 2.24) is 19.7 Å². The highest BCUT2D eigenvalue weighted by molar-refractivity contribution is 7.99. The molecule has 8 heteroatoms. The van der Waals surface area contributed by atoms with Gasteiger partial charge in [-0.15, -0.1) is 10.2 Å². The summed E-state index contributed by atoms with van der Waals surface area (Å²) in [4.78, 5) is 19.0. The number of methoxy groups -OCH3 is 1. The first kappa shape index (κ1) is 20.3. The van der Waals surface area contributed by atoms with Crippen LogP contribution in [0.5, 0.6) is 5.75 Å². The van der Waals surface area contributed by atoms with Gasteiger partial charge in [0.2, 0.25) is 5.91 Å². The van der Waals surface area contributed by atoms with E-state index < -0.39 is 0 Å². The minimum Gasteiger partial charge on any atom is -0.495 e. The monoisotopic (exact) mass is 443 g/mol. The molecule has 0 spiro atoms. The number of pyridine rings is 1. The highest BCUT2D eigenvalue weighted by Gasteiger charge is 2.25. The minimum atomic E-state index is 0.0555. The predicted molar refractivity (Wildman–Crippen MR) is 124 cm³/mol. The van der Waals surface area contributed by atoms with Crippen LogP contribution in [0.1, 0.15) is 5.56 Å². The first-order chi connectivity index (χ1) is 15.8. The molecule has 0 unspecified atom stereocenters. The molecule has 0 bridgehead atoms. The lowest BCUT2D eigenvalue weighted by atomic mass is 10.2. The topological polar surface area (TPSA) is 73.1 Å². The number of aromatic nitrogens is 4. The predicted octanol–water partition coefficient (Wildman–Crippen LogP) is 4.02. The van der Waals surface area contributed by atoms with E-state index in [-0.39, 0.29) is 11.7 Å². The van der Waals surface area contributed by atoms with Crippen LogP contribution in [-0.2, 0) is 11.2 Å². The Hall–Kier alpha value is -3.65. The fourth-order valence-corrected chi connectivity index (χ4v) is 4.71. The summed E-state index contributed by atoms with van der Waals surface area (Å²) < 4.78 is 7.52. The first-order valence-corrected chi connectivity index (χ1v) is 11.2. The normalized spacial score (nSPS) is 12.6. The van der Waals surface area contributed by atoms with Crippen LogP contribution in [0.4, 0.5) is 5.69 Å². The van der Waals surface area contributed by atoms with Crippen molar-refractivity contribution in [2.45, 2.75) is 11.6 Å². The number of rotatable bonds is 6. The highest BCUT2D eigenvalue weighted by Crippen LogP contribution is 2.33. The summed E-state index contributed by atoms with van der Waals surface area (Å²) in [6.07, 6.45) is 4.33. The van der Waals surface area contributed by atoms with Crippen LogP contribution in [0, 0.1) is 0 Å². The van der Waals surface area contributed by atoms with Crippen LogP contribution in [-0.4, -0.2) is 45.1 Å². The van der Waals surface area contributed by atoms with E-state index in [1.807, 2.05) is 64.1 Å². The lowest BCUT2D eigenvalue weighted by molar-refractivity contribution is -0.116. The molecule has 5 rings (SSSR count). The van der Waals surface area contributed by atoms with Gasteiger partial charge in [-0.05, 0) is 42.3 Å². The molecule has 0 saturated carbocycles. The smallest absolute Gasteiger partial charge is 0.237 e. The Labute approximate surface area is 190 Å². The van der Waals surface area contributed by atoms with Crippen molar-refractivity contribution < 1.29 is 9.53 Å². The first-order valence-electron chi connectivity index (χ1n) is 10.3. The molecular formula is C24H21N5O2S. The number of fused-ring (bicyclic) bond motifs is 1.